The fourth-order valence-electron chi connectivity index (χ4n) is 1.40. The molecular formula is C9H9N3O. The Bertz CT molecular complexity index is 459. The van der Waals surface area contributed by atoms with Crippen LogP contribution < -0.4 is 0 Å². The van der Waals surface area contributed by atoms with E-state index in [9.17, 15) is 5.11 Å². The van der Waals surface area contributed by atoms with Crippen molar-refractivity contribution in [2.45, 2.75) is 18.8 Å². The van der Waals surface area contributed by atoms with Gasteiger partial charge in [-0.05, 0) is 25.0 Å². The average molecular weight is 175 g/mol. The lowest BCUT2D eigenvalue weighted by Gasteiger charge is -1.90. The molecule has 0 bridgehead atoms. The van der Waals surface area contributed by atoms with E-state index in [-0.39, 0.29) is 5.75 Å². The standard InChI is InChI=1S/C9H9N3O/c13-7-3-4-8-10-9(6-1-2-6)11-12(8)5-7/h3-6,13H,1-2H2. The Morgan fingerprint density at radius 3 is 3.00 bits per heavy atom. The van der Waals surface area contributed by atoms with Crippen LogP contribution in [0.2, 0.25) is 0 Å². The Labute approximate surface area is 74.8 Å². The summed E-state index contributed by atoms with van der Waals surface area (Å²) >= 11 is 0. The van der Waals surface area contributed by atoms with Crippen LogP contribution in [0.3, 0.4) is 0 Å². The van der Waals surface area contributed by atoms with E-state index in [0.29, 0.717) is 5.92 Å². The third-order valence-electron chi connectivity index (χ3n) is 2.27. The van der Waals surface area contributed by atoms with Gasteiger partial charge in [-0.25, -0.2) is 9.50 Å². The summed E-state index contributed by atoms with van der Waals surface area (Å²) in [6.07, 6.45) is 3.97. The second kappa shape index (κ2) is 2.22. The van der Waals surface area contributed by atoms with E-state index in [2.05, 4.69) is 10.1 Å². The van der Waals surface area contributed by atoms with Crippen molar-refractivity contribution in [1.82, 2.24) is 14.6 Å². The van der Waals surface area contributed by atoms with Gasteiger partial charge < -0.3 is 5.11 Å². The SMILES string of the molecule is Oc1ccc2nc(C3CC3)nn2c1. The molecule has 2 aromatic rings. The van der Waals surface area contributed by atoms with E-state index in [1.54, 1.807) is 22.8 Å². The fourth-order valence-corrected chi connectivity index (χ4v) is 1.40. The Morgan fingerprint density at radius 1 is 1.38 bits per heavy atom. The Morgan fingerprint density at radius 2 is 2.23 bits per heavy atom. The van der Waals surface area contributed by atoms with Crippen LogP contribution in [0.4, 0.5) is 0 Å². The molecule has 1 N–H and O–H groups in total. The lowest BCUT2D eigenvalue weighted by Crippen LogP contribution is -1.86. The van der Waals surface area contributed by atoms with E-state index in [0.717, 1.165) is 11.5 Å². The molecule has 0 spiro atoms. The van der Waals surface area contributed by atoms with Gasteiger partial charge in [0.15, 0.2) is 11.5 Å². The summed E-state index contributed by atoms with van der Waals surface area (Å²) in [6.45, 7) is 0. The van der Waals surface area contributed by atoms with Crippen molar-refractivity contribution in [3.05, 3.63) is 24.2 Å². The lowest BCUT2D eigenvalue weighted by atomic mass is 10.4. The van der Waals surface area contributed by atoms with Gasteiger partial charge >= 0.3 is 0 Å². The minimum Gasteiger partial charge on any atom is -0.506 e. The molecule has 1 fully saturated rings. The highest BCUT2D eigenvalue weighted by Crippen LogP contribution is 2.38. The van der Waals surface area contributed by atoms with Gasteiger partial charge in [-0.15, -0.1) is 0 Å². The lowest BCUT2D eigenvalue weighted by molar-refractivity contribution is 0.470. The number of hydrogen-bond donors (Lipinski definition) is 1. The summed E-state index contributed by atoms with van der Waals surface area (Å²) in [4.78, 5) is 4.36. The minimum absolute atomic E-state index is 0.222. The molecule has 2 heterocycles. The van der Waals surface area contributed by atoms with E-state index in [1.807, 2.05) is 0 Å². The summed E-state index contributed by atoms with van der Waals surface area (Å²) in [5.74, 6) is 1.69. The molecule has 2 aromatic heterocycles. The molecule has 1 saturated carbocycles. The van der Waals surface area contributed by atoms with Crippen LogP contribution in [0.5, 0.6) is 5.75 Å². The molecule has 66 valence electrons. The van der Waals surface area contributed by atoms with Crippen molar-refractivity contribution in [3.63, 3.8) is 0 Å². The molecule has 1 aliphatic carbocycles. The summed E-state index contributed by atoms with van der Waals surface area (Å²) in [6, 6.07) is 3.40. The molecule has 4 nitrogen and oxygen atoms in total. The first kappa shape index (κ1) is 6.88. The van der Waals surface area contributed by atoms with Crippen LogP contribution in [0, 0.1) is 0 Å². The highest BCUT2D eigenvalue weighted by molar-refractivity contribution is 5.40. The summed E-state index contributed by atoms with van der Waals surface area (Å²) in [5.41, 5.74) is 0.805. The summed E-state index contributed by atoms with van der Waals surface area (Å²) in [7, 11) is 0. The monoisotopic (exact) mass is 175 g/mol. The largest absolute Gasteiger partial charge is 0.506 e. The van der Waals surface area contributed by atoms with Gasteiger partial charge in [-0.1, -0.05) is 0 Å². The second-order valence-electron chi connectivity index (χ2n) is 3.43. The molecule has 0 unspecified atom stereocenters. The van der Waals surface area contributed by atoms with Gasteiger partial charge in [0.2, 0.25) is 0 Å². The third-order valence-corrected chi connectivity index (χ3v) is 2.27. The summed E-state index contributed by atoms with van der Waals surface area (Å²) < 4.78 is 1.63. The maximum absolute atomic E-state index is 9.21. The smallest absolute Gasteiger partial charge is 0.155 e. The fraction of sp³-hybridized carbons (Fsp3) is 0.333. The van der Waals surface area contributed by atoms with Crippen molar-refractivity contribution in [2.24, 2.45) is 0 Å². The number of hydrogen-bond acceptors (Lipinski definition) is 3. The van der Waals surface area contributed by atoms with Crippen LogP contribution in [0.1, 0.15) is 24.6 Å². The Hall–Kier alpha value is -1.58. The predicted octanol–water partition coefficient (Wildman–Crippen LogP) is 1.31. The number of rotatable bonds is 1. The number of fused-ring (bicyclic) bond motifs is 1. The molecule has 1 aliphatic rings. The predicted molar refractivity (Wildman–Crippen MR) is 46.6 cm³/mol. The quantitative estimate of drug-likeness (QED) is 0.711. The van der Waals surface area contributed by atoms with Gasteiger partial charge in [0.05, 0.1) is 6.20 Å². The topological polar surface area (TPSA) is 50.4 Å². The van der Waals surface area contributed by atoms with Crippen LogP contribution in [-0.2, 0) is 0 Å². The van der Waals surface area contributed by atoms with E-state index < -0.39 is 0 Å². The molecular weight excluding hydrogens is 166 g/mol. The highest BCUT2D eigenvalue weighted by atomic mass is 16.3. The Balaban J connectivity index is 2.20. The van der Waals surface area contributed by atoms with Gasteiger partial charge in [0.25, 0.3) is 0 Å². The minimum atomic E-state index is 0.222. The third kappa shape index (κ3) is 1.06. The van der Waals surface area contributed by atoms with Crippen molar-refractivity contribution in [3.8, 4) is 5.75 Å². The summed E-state index contributed by atoms with van der Waals surface area (Å²) in [5, 5.41) is 13.5. The number of aromatic nitrogens is 3. The molecule has 0 amide bonds. The van der Waals surface area contributed by atoms with Crippen molar-refractivity contribution in [2.75, 3.05) is 0 Å². The van der Waals surface area contributed by atoms with Gasteiger partial charge in [0, 0.05) is 5.92 Å². The van der Waals surface area contributed by atoms with Crippen LogP contribution in [0.25, 0.3) is 5.65 Å². The zero-order chi connectivity index (χ0) is 8.84. The van der Waals surface area contributed by atoms with Crippen molar-refractivity contribution >= 4 is 5.65 Å². The normalized spacial score (nSPS) is 16.6. The Kier molecular flexibility index (Phi) is 1.17. The van der Waals surface area contributed by atoms with Crippen molar-refractivity contribution in [1.29, 1.82) is 0 Å². The molecule has 3 rings (SSSR count). The first-order chi connectivity index (χ1) is 6.33. The van der Waals surface area contributed by atoms with Gasteiger partial charge in [-0.2, -0.15) is 5.10 Å². The molecule has 0 aliphatic heterocycles. The van der Waals surface area contributed by atoms with Crippen LogP contribution in [-0.4, -0.2) is 19.7 Å². The number of aromatic hydroxyl groups is 1. The molecule has 0 atom stereocenters. The molecule has 4 heteroatoms. The maximum Gasteiger partial charge on any atom is 0.155 e. The number of nitrogens with zero attached hydrogens (tertiary/aromatic N) is 3. The molecule has 0 saturated heterocycles. The molecule has 0 radical (unpaired) electrons. The molecule has 0 aromatic carbocycles. The average Bonchev–Trinajstić information content (AvgIpc) is 2.87. The highest BCUT2D eigenvalue weighted by Gasteiger charge is 2.27. The van der Waals surface area contributed by atoms with Gasteiger partial charge in [0.1, 0.15) is 5.75 Å². The van der Waals surface area contributed by atoms with E-state index >= 15 is 0 Å². The zero-order valence-corrected chi connectivity index (χ0v) is 7.01. The van der Waals surface area contributed by atoms with Crippen molar-refractivity contribution < 1.29 is 5.11 Å². The van der Waals surface area contributed by atoms with E-state index in [4.69, 9.17) is 0 Å². The maximum atomic E-state index is 9.21. The number of pyridine rings is 1. The van der Waals surface area contributed by atoms with Crippen LogP contribution >= 0.6 is 0 Å². The van der Waals surface area contributed by atoms with Crippen LogP contribution in [0.15, 0.2) is 18.3 Å². The molecule has 13 heavy (non-hydrogen) atoms. The van der Waals surface area contributed by atoms with E-state index in [1.165, 1.54) is 12.8 Å². The second-order valence-corrected chi connectivity index (χ2v) is 3.43. The zero-order valence-electron chi connectivity index (χ0n) is 7.01. The van der Waals surface area contributed by atoms with Gasteiger partial charge in [-0.3, -0.25) is 0 Å². The first-order valence-electron chi connectivity index (χ1n) is 4.38. The first-order valence-corrected chi connectivity index (χ1v) is 4.38.